The molecule has 20 heavy (non-hydrogen) atoms. The molecule has 0 unspecified atom stereocenters. The lowest BCUT2D eigenvalue weighted by atomic mass is 10.00. The standard InChI is InChI=1S/C17H25N3/c1-5-8-20-12-16(11-19-20)17-9-14(4)6-7-15(17)10-18-13(2)3/h6-7,9,11-13,18H,5,8,10H2,1-4H3. The van der Waals surface area contributed by atoms with Gasteiger partial charge in [-0.25, -0.2) is 0 Å². The number of nitrogens with zero attached hydrogens (tertiary/aromatic N) is 2. The molecule has 0 saturated carbocycles. The Morgan fingerprint density at radius 1 is 1.30 bits per heavy atom. The Labute approximate surface area is 122 Å². The van der Waals surface area contributed by atoms with E-state index in [0.29, 0.717) is 6.04 Å². The third-order valence-electron chi connectivity index (χ3n) is 3.36. The molecule has 108 valence electrons. The smallest absolute Gasteiger partial charge is 0.0568 e. The van der Waals surface area contributed by atoms with Crippen molar-refractivity contribution in [2.75, 3.05) is 0 Å². The number of aromatic nitrogens is 2. The summed E-state index contributed by atoms with van der Waals surface area (Å²) in [6.07, 6.45) is 5.23. The first-order chi connectivity index (χ1) is 9.60. The summed E-state index contributed by atoms with van der Waals surface area (Å²) in [7, 11) is 0. The molecule has 0 bridgehead atoms. The van der Waals surface area contributed by atoms with Crippen LogP contribution in [0.3, 0.4) is 0 Å². The lowest BCUT2D eigenvalue weighted by Crippen LogP contribution is -2.22. The Morgan fingerprint density at radius 2 is 2.10 bits per heavy atom. The van der Waals surface area contributed by atoms with Crippen LogP contribution in [0.5, 0.6) is 0 Å². The molecule has 1 aromatic heterocycles. The Kier molecular flexibility index (Phi) is 4.96. The first-order valence-electron chi connectivity index (χ1n) is 7.46. The van der Waals surface area contributed by atoms with Gasteiger partial charge in [-0.15, -0.1) is 0 Å². The molecule has 1 heterocycles. The maximum Gasteiger partial charge on any atom is 0.0568 e. The van der Waals surface area contributed by atoms with Gasteiger partial charge in [-0.3, -0.25) is 4.68 Å². The summed E-state index contributed by atoms with van der Waals surface area (Å²) in [5.74, 6) is 0. The summed E-state index contributed by atoms with van der Waals surface area (Å²) in [6, 6.07) is 7.14. The molecular formula is C17H25N3. The summed E-state index contributed by atoms with van der Waals surface area (Å²) >= 11 is 0. The summed E-state index contributed by atoms with van der Waals surface area (Å²) < 4.78 is 2.03. The average Bonchev–Trinajstić information content (AvgIpc) is 2.86. The van der Waals surface area contributed by atoms with Crippen molar-refractivity contribution in [1.82, 2.24) is 15.1 Å². The van der Waals surface area contributed by atoms with Crippen LogP contribution in [0.25, 0.3) is 11.1 Å². The fourth-order valence-corrected chi connectivity index (χ4v) is 2.28. The monoisotopic (exact) mass is 271 g/mol. The molecule has 0 aliphatic rings. The topological polar surface area (TPSA) is 29.9 Å². The molecule has 1 aromatic carbocycles. The fraction of sp³-hybridized carbons (Fsp3) is 0.471. The van der Waals surface area contributed by atoms with Gasteiger partial charge < -0.3 is 5.32 Å². The normalized spacial score (nSPS) is 11.2. The largest absolute Gasteiger partial charge is 0.310 e. The molecule has 0 radical (unpaired) electrons. The Hall–Kier alpha value is -1.61. The van der Waals surface area contributed by atoms with Crippen molar-refractivity contribution in [2.24, 2.45) is 0 Å². The maximum atomic E-state index is 4.44. The van der Waals surface area contributed by atoms with Gasteiger partial charge >= 0.3 is 0 Å². The van der Waals surface area contributed by atoms with Gasteiger partial charge in [0.2, 0.25) is 0 Å². The highest BCUT2D eigenvalue weighted by Crippen LogP contribution is 2.25. The van der Waals surface area contributed by atoms with Crippen molar-refractivity contribution in [3.05, 3.63) is 41.7 Å². The maximum absolute atomic E-state index is 4.44. The van der Waals surface area contributed by atoms with Crippen LogP contribution in [0, 0.1) is 6.92 Å². The van der Waals surface area contributed by atoms with Crippen LogP contribution in [0.1, 0.15) is 38.3 Å². The van der Waals surface area contributed by atoms with E-state index in [4.69, 9.17) is 0 Å². The lowest BCUT2D eigenvalue weighted by Gasteiger charge is -2.12. The predicted molar refractivity (Wildman–Crippen MR) is 84.7 cm³/mol. The van der Waals surface area contributed by atoms with Crippen molar-refractivity contribution >= 4 is 0 Å². The third kappa shape index (κ3) is 3.70. The van der Waals surface area contributed by atoms with Crippen LogP contribution < -0.4 is 5.32 Å². The second kappa shape index (κ2) is 6.71. The molecule has 2 rings (SSSR count). The summed E-state index contributed by atoms with van der Waals surface area (Å²) in [4.78, 5) is 0. The number of aryl methyl sites for hydroxylation is 2. The second-order valence-corrected chi connectivity index (χ2v) is 5.69. The third-order valence-corrected chi connectivity index (χ3v) is 3.36. The molecule has 1 N–H and O–H groups in total. The fourth-order valence-electron chi connectivity index (χ4n) is 2.28. The van der Waals surface area contributed by atoms with Crippen molar-refractivity contribution in [3.8, 4) is 11.1 Å². The van der Waals surface area contributed by atoms with E-state index in [1.165, 1.54) is 22.3 Å². The minimum absolute atomic E-state index is 0.493. The van der Waals surface area contributed by atoms with E-state index in [0.717, 1.165) is 19.5 Å². The van der Waals surface area contributed by atoms with Gasteiger partial charge in [0.15, 0.2) is 0 Å². The Balaban J connectivity index is 2.29. The summed E-state index contributed by atoms with van der Waals surface area (Å²) in [5, 5.41) is 7.94. The van der Waals surface area contributed by atoms with Gasteiger partial charge in [-0.1, -0.05) is 44.5 Å². The molecule has 0 atom stereocenters. The number of hydrogen-bond acceptors (Lipinski definition) is 2. The minimum Gasteiger partial charge on any atom is -0.310 e. The van der Waals surface area contributed by atoms with Crippen LogP contribution in [-0.4, -0.2) is 15.8 Å². The van der Waals surface area contributed by atoms with Crippen LogP contribution in [0.15, 0.2) is 30.6 Å². The van der Waals surface area contributed by atoms with E-state index in [2.05, 4.69) is 62.5 Å². The Bertz CT molecular complexity index is 555. The van der Waals surface area contributed by atoms with Gasteiger partial charge in [0.1, 0.15) is 0 Å². The highest BCUT2D eigenvalue weighted by molar-refractivity contribution is 5.66. The Morgan fingerprint density at radius 3 is 2.80 bits per heavy atom. The van der Waals surface area contributed by atoms with Gasteiger partial charge in [-0.05, 0) is 24.5 Å². The molecule has 3 nitrogen and oxygen atoms in total. The van der Waals surface area contributed by atoms with Gasteiger partial charge in [0.05, 0.1) is 6.20 Å². The second-order valence-electron chi connectivity index (χ2n) is 5.69. The van der Waals surface area contributed by atoms with E-state index >= 15 is 0 Å². The number of nitrogens with one attached hydrogen (secondary N) is 1. The predicted octanol–water partition coefficient (Wildman–Crippen LogP) is 3.77. The molecule has 0 amide bonds. The van der Waals surface area contributed by atoms with Crippen LogP contribution in [-0.2, 0) is 13.1 Å². The van der Waals surface area contributed by atoms with E-state index in [1.807, 2.05) is 10.9 Å². The van der Waals surface area contributed by atoms with Crippen LogP contribution in [0.2, 0.25) is 0 Å². The molecule has 0 aliphatic heterocycles. The number of rotatable bonds is 6. The molecule has 0 spiro atoms. The highest BCUT2D eigenvalue weighted by Gasteiger charge is 2.08. The average molecular weight is 271 g/mol. The van der Waals surface area contributed by atoms with Crippen molar-refractivity contribution in [2.45, 2.75) is 53.2 Å². The molecule has 0 saturated heterocycles. The van der Waals surface area contributed by atoms with Gasteiger partial charge in [-0.2, -0.15) is 5.10 Å². The molecule has 0 aliphatic carbocycles. The first kappa shape index (κ1) is 14.8. The molecule has 2 aromatic rings. The minimum atomic E-state index is 0.493. The number of benzene rings is 1. The van der Waals surface area contributed by atoms with Crippen molar-refractivity contribution in [3.63, 3.8) is 0 Å². The van der Waals surface area contributed by atoms with Crippen LogP contribution in [0.4, 0.5) is 0 Å². The van der Waals surface area contributed by atoms with E-state index < -0.39 is 0 Å². The van der Waals surface area contributed by atoms with E-state index in [9.17, 15) is 0 Å². The van der Waals surface area contributed by atoms with Crippen molar-refractivity contribution in [1.29, 1.82) is 0 Å². The number of hydrogen-bond donors (Lipinski definition) is 1. The van der Waals surface area contributed by atoms with Crippen LogP contribution >= 0.6 is 0 Å². The first-order valence-corrected chi connectivity index (χ1v) is 7.46. The lowest BCUT2D eigenvalue weighted by molar-refractivity contribution is 0.589. The molecule has 0 fully saturated rings. The molecule has 3 heteroatoms. The zero-order chi connectivity index (χ0) is 14.5. The summed E-state index contributed by atoms with van der Waals surface area (Å²) in [5.41, 5.74) is 5.13. The quantitative estimate of drug-likeness (QED) is 0.867. The zero-order valence-corrected chi connectivity index (χ0v) is 13.0. The summed E-state index contributed by atoms with van der Waals surface area (Å²) in [6.45, 7) is 10.5. The SMILES string of the molecule is CCCn1cc(-c2cc(C)ccc2CNC(C)C)cn1. The molecular weight excluding hydrogens is 246 g/mol. The van der Waals surface area contributed by atoms with E-state index in [-0.39, 0.29) is 0 Å². The van der Waals surface area contributed by atoms with Gasteiger partial charge in [0.25, 0.3) is 0 Å². The highest BCUT2D eigenvalue weighted by atomic mass is 15.3. The van der Waals surface area contributed by atoms with E-state index in [1.54, 1.807) is 0 Å². The zero-order valence-electron chi connectivity index (χ0n) is 13.0. The van der Waals surface area contributed by atoms with Gasteiger partial charge in [0, 0.05) is 30.9 Å². The van der Waals surface area contributed by atoms with Crippen molar-refractivity contribution < 1.29 is 0 Å².